The lowest BCUT2D eigenvalue weighted by molar-refractivity contribution is -0.154. The van der Waals surface area contributed by atoms with Gasteiger partial charge in [-0.1, -0.05) is 19.1 Å². The SMILES string of the molecule is CC12C=CC(O)C3(C)C4CC(=O)OCC4=CC(OC1=O)C23. The van der Waals surface area contributed by atoms with Gasteiger partial charge in [-0.3, -0.25) is 9.59 Å². The van der Waals surface area contributed by atoms with E-state index in [0.29, 0.717) is 0 Å². The number of fused-ring (bicyclic) bond motifs is 2. The van der Waals surface area contributed by atoms with Crippen LogP contribution in [0.3, 0.4) is 0 Å². The minimum atomic E-state index is -0.734. The highest BCUT2D eigenvalue weighted by atomic mass is 16.6. The molecule has 2 aliphatic carbocycles. The van der Waals surface area contributed by atoms with Crippen molar-refractivity contribution >= 4 is 11.9 Å². The van der Waals surface area contributed by atoms with Crippen molar-refractivity contribution < 1.29 is 24.2 Å². The van der Waals surface area contributed by atoms with Gasteiger partial charge in [0.2, 0.25) is 0 Å². The molecule has 5 heteroatoms. The fraction of sp³-hybridized carbons (Fsp3) is 0.625. The lowest BCUT2D eigenvalue weighted by Crippen LogP contribution is -2.58. The van der Waals surface area contributed by atoms with E-state index in [4.69, 9.17) is 9.47 Å². The summed E-state index contributed by atoms with van der Waals surface area (Å²) in [5.41, 5.74) is -0.365. The zero-order valence-corrected chi connectivity index (χ0v) is 12.0. The second kappa shape index (κ2) is 3.77. The standard InChI is InChI=1S/C16H18O5/c1-15-4-3-11(17)16(2)9-6-12(18)20-7-8(9)5-10(13(15)16)21-14(15)19/h3-5,9-11,13,17H,6-7H2,1-2H3. The van der Waals surface area contributed by atoms with E-state index in [2.05, 4.69) is 0 Å². The molecule has 21 heavy (non-hydrogen) atoms. The van der Waals surface area contributed by atoms with Gasteiger partial charge in [0, 0.05) is 17.3 Å². The number of esters is 2. The van der Waals surface area contributed by atoms with Gasteiger partial charge < -0.3 is 14.6 Å². The van der Waals surface area contributed by atoms with Crippen molar-refractivity contribution in [3.63, 3.8) is 0 Å². The number of carbonyl (C=O) groups excluding carboxylic acids is 2. The van der Waals surface area contributed by atoms with Gasteiger partial charge in [0.25, 0.3) is 0 Å². The van der Waals surface area contributed by atoms with E-state index in [9.17, 15) is 14.7 Å². The molecule has 2 aliphatic heterocycles. The number of cyclic esters (lactones) is 1. The molecule has 4 aliphatic rings. The molecule has 2 fully saturated rings. The molecule has 0 aromatic heterocycles. The highest BCUT2D eigenvalue weighted by Gasteiger charge is 2.67. The van der Waals surface area contributed by atoms with Gasteiger partial charge in [-0.05, 0) is 18.6 Å². The summed E-state index contributed by atoms with van der Waals surface area (Å²) in [6, 6.07) is 0. The van der Waals surface area contributed by atoms with Crippen LogP contribution in [0.15, 0.2) is 23.8 Å². The topological polar surface area (TPSA) is 72.8 Å². The van der Waals surface area contributed by atoms with Crippen LogP contribution in [0.1, 0.15) is 20.3 Å². The molecule has 112 valence electrons. The lowest BCUT2D eigenvalue weighted by Gasteiger charge is -2.54. The predicted octanol–water partition coefficient (Wildman–Crippen LogP) is 0.974. The first-order chi connectivity index (χ1) is 9.87. The van der Waals surface area contributed by atoms with Crippen LogP contribution in [0.25, 0.3) is 0 Å². The largest absolute Gasteiger partial charge is 0.461 e. The van der Waals surface area contributed by atoms with Gasteiger partial charge in [-0.25, -0.2) is 0 Å². The van der Waals surface area contributed by atoms with Crippen LogP contribution in [-0.4, -0.2) is 35.9 Å². The maximum atomic E-state index is 12.3. The van der Waals surface area contributed by atoms with E-state index in [1.54, 1.807) is 12.2 Å². The monoisotopic (exact) mass is 290 g/mol. The average molecular weight is 290 g/mol. The Hall–Kier alpha value is -1.62. The number of carbonyl (C=O) groups is 2. The Bertz CT molecular complexity index is 606. The van der Waals surface area contributed by atoms with E-state index in [1.165, 1.54) is 0 Å². The molecule has 0 radical (unpaired) electrons. The summed E-state index contributed by atoms with van der Waals surface area (Å²) in [5, 5.41) is 10.6. The first-order valence-electron chi connectivity index (χ1n) is 7.32. The molecule has 0 spiro atoms. The molecule has 2 heterocycles. The molecule has 0 aromatic carbocycles. The molecule has 6 atom stereocenters. The molecule has 4 rings (SSSR count). The van der Waals surface area contributed by atoms with Crippen LogP contribution in [0.5, 0.6) is 0 Å². The van der Waals surface area contributed by atoms with Crippen LogP contribution < -0.4 is 0 Å². The number of rotatable bonds is 0. The fourth-order valence-corrected chi connectivity index (χ4v) is 4.81. The van der Waals surface area contributed by atoms with Gasteiger partial charge in [-0.2, -0.15) is 0 Å². The summed E-state index contributed by atoms with van der Waals surface area (Å²) in [6.45, 7) is 4.06. The van der Waals surface area contributed by atoms with Crippen molar-refractivity contribution in [3.05, 3.63) is 23.8 Å². The number of aliphatic hydroxyl groups is 1. The minimum absolute atomic E-state index is 0.103. The summed E-state index contributed by atoms with van der Waals surface area (Å²) in [7, 11) is 0. The third kappa shape index (κ3) is 1.40. The molecule has 1 N–H and O–H groups in total. The van der Waals surface area contributed by atoms with Crippen LogP contribution in [0.4, 0.5) is 0 Å². The molecule has 0 saturated carbocycles. The predicted molar refractivity (Wildman–Crippen MR) is 71.9 cm³/mol. The van der Waals surface area contributed by atoms with Gasteiger partial charge in [0.1, 0.15) is 12.7 Å². The Morgan fingerprint density at radius 3 is 2.86 bits per heavy atom. The Balaban J connectivity index is 1.92. The Morgan fingerprint density at radius 1 is 1.33 bits per heavy atom. The zero-order chi connectivity index (χ0) is 15.0. The first-order valence-corrected chi connectivity index (χ1v) is 7.32. The lowest BCUT2D eigenvalue weighted by atomic mass is 9.48. The quantitative estimate of drug-likeness (QED) is 0.532. The van der Waals surface area contributed by atoms with Crippen molar-refractivity contribution in [2.75, 3.05) is 6.61 Å². The Morgan fingerprint density at radius 2 is 2.10 bits per heavy atom. The minimum Gasteiger partial charge on any atom is -0.461 e. The van der Waals surface area contributed by atoms with Gasteiger partial charge in [0.05, 0.1) is 17.9 Å². The molecule has 5 nitrogen and oxygen atoms in total. The molecule has 6 unspecified atom stereocenters. The van der Waals surface area contributed by atoms with Crippen molar-refractivity contribution in [1.82, 2.24) is 0 Å². The van der Waals surface area contributed by atoms with E-state index in [1.807, 2.05) is 19.9 Å². The third-order valence-corrected chi connectivity index (χ3v) is 5.94. The van der Waals surface area contributed by atoms with Crippen LogP contribution in [0, 0.1) is 22.7 Å². The van der Waals surface area contributed by atoms with Crippen molar-refractivity contribution in [2.45, 2.75) is 32.5 Å². The highest BCUT2D eigenvalue weighted by Crippen LogP contribution is 2.62. The van der Waals surface area contributed by atoms with Crippen LogP contribution in [-0.2, 0) is 19.1 Å². The maximum Gasteiger partial charge on any atom is 0.316 e. The van der Waals surface area contributed by atoms with Crippen LogP contribution >= 0.6 is 0 Å². The molecule has 0 amide bonds. The summed E-state index contributed by atoms with van der Waals surface area (Å²) in [6.07, 6.45) is 4.58. The Kier molecular flexibility index (Phi) is 2.35. The highest BCUT2D eigenvalue weighted by molar-refractivity contribution is 5.83. The molecular formula is C16H18O5. The van der Waals surface area contributed by atoms with E-state index in [0.717, 1.165) is 5.57 Å². The summed E-state index contributed by atoms with van der Waals surface area (Å²) in [5.74, 6) is -0.758. The second-order valence-electron chi connectivity index (χ2n) is 6.96. The second-order valence-corrected chi connectivity index (χ2v) is 6.96. The third-order valence-electron chi connectivity index (χ3n) is 5.94. The van der Waals surface area contributed by atoms with Crippen molar-refractivity contribution in [3.8, 4) is 0 Å². The molecular weight excluding hydrogens is 272 g/mol. The smallest absolute Gasteiger partial charge is 0.316 e. The summed E-state index contributed by atoms with van der Waals surface area (Å²) in [4.78, 5) is 24.0. The number of hydrogen-bond donors (Lipinski definition) is 1. The number of aliphatic hydroxyl groups excluding tert-OH is 1. The zero-order valence-electron chi connectivity index (χ0n) is 12.0. The molecule has 2 saturated heterocycles. The first kappa shape index (κ1) is 13.1. The fourth-order valence-electron chi connectivity index (χ4n) is 4.81. The van der Waals surface area contributed by atoms with Gasteiger partial charge >= 0.3 is 11.9 Å². The molecule has 0 aromatic rings. The van der Waals surface area contributed by atoms with E-state index < -0.39 is 16.9 Å². The van der Waals surface area contributed by atoms with Crippen molar-refractivity contribution in [1.29, 1.82) is 0 Å². The number of hydrogen-bond acceptors (Lipinski definition) is 5. The van der Waals surface area contributed by atoms with Crippen molar-refractivity contribution in [2.24, 2.45) is 22.7 Å². The average Bonchev–Trinajstić information content (AvgIpc) is 2.69. The van der Waals surface area contributed by atoms with Gasteiger partial charge in [-0.15, -0.1) is 0 Å². The molecule has 0 bridgehead atoms. The summed E-state index contributed by atoms with van der Waals surface area (Å²) >= 11 is 0. The maximum absolute atomic E-state index is 12.3. The Labute approximate surface area is 122 Å². The number of ether oxygens (including phenoxy) is 2. The van der Waals surface area contributed by atoms with Crippen LogP contribution in [0.2, 0.25) is 0 Å². The summed E-state index contributed by atoms with van der Waals surface area (Å²) < 4.78 is 10.7. The van der Waals surface area contributed by atoms with E-state index >= 15 is 0 Å². The normalized spacial score (nSPS) is 50.7. The van der Waals surface area contributed by atoms with Gasteiger partial charge in [0.15, 0.2) is 0 Å². The van der Waals surface area contributed by atoms with E-state index in [-0.39, 0.29) is 42.9 Å².